The van der Waals surface area contributed by atoms with Crippen LogP contribution in [0.2, 0.25) is 0 Å². The highest BCUT2D eigenvalue weighted by atomic mass is 127. The van der Waals surface area contributed by atoms with Crippen molar-refractivity contribution in [2.24, 2.45) is 0 Å². The van der Waals surface area contributed by atoms with Gasteiger partial charge in [-0.1, -0.05) is 12.1 Å². The Labute approximate surface area is 84.2 Å². The van der Waals surface area contributed by atoms with E-state index in [2.05, 4.69) is 28.7 Å². The molecule has 12 heavy (non-hydrogen) atoms. The van der Waals surface area contributed by atoms with Crippen molar-refractivity contribution in [3.63, 3.8) is 0 Å². The fraction of sp³-hybridized carbons (Fsp3) is 0. The monoisotopic (exact) mass is 270 g/mol. The maximum Gasteiger partial charge on any atom is 0.123 e. The van der Waals surface area contributed by atoms with Crippen LogP contribution in [0.5, 0.6) is 5.75 Å². The van der Waals surface area contributed by atoms with Gasteiger partial charge >= 0.3 is 0 Å². The van der Waals surface area contributed by atoms with Gasteiger partial charge in [0.15, 0.2) is 0 Å². The van der Waals surface area contributed by atoms with Gasteiger partial charge in [-0.25, -0.2) is 0 Å². The Bertz CT molecular complexity index is 423. The van der Waals surface area contributed by atoms with Crippen molar-refractivity contribution in [3.8, 4) is 5.75 Å². The van der Waals surface area contributed by atoms with E-state index in [0.29, 0.717) is 5.75 Å². The summed E-state index contributed by atoms with van der Waals surface area (Å²) < 4.78 is 1.19. The molecular formula is C10H7IO. The summed E-state index contributed by atoms with van der Waals surface area (Å²) in [6.45, 7) is 0. The summed E-state index contributed by atoms with van der Waals surface area (Å²) in [4.78, 5) is 0. The number of benzene rings is 2. The van der Waals surface area contributed by atoms with Crippen molar-refractivity contribution in [2.45, 2.75) is 0 Å². The first-order valence-corrected chi connectivity index (χ1v) is 4.72. The van der Waals surface area contributed by atoms with Gasteiger partial charge in [0.1, 0.15) is 5.75 Å². The van der Waals surface area contributed by atoms with Gasteiger partial charge in [-0.2, -0.15) is 0 Å². The van der Waals surface area contributed by atoms with Crippen molar-refractivity contribution in [3.05, 3.63) is 40.0 Å². The first kappa shape index (κ1) is 7.86. The van der Waals surface area contributed by atoms with Crippen LogP contribution in [-0.2, 0) is 0 Å². The minimum atomic E-state index is 0.351. The molecule has 0 unspecified atom stereocenters. The zero-order chi connectivity index (χ0) is 8.55. The summed E-state index contributed by atoms with van der Waals surface area (Å²) in [5, 5.41) is 11.5. The topological polar surface area (TPSA) is 20.2 Å². The van der Waals surface area contributed by atoms with Crippen LogP contribution in [0.4, 0.5) is 0 Å². The molecular weight excluding hydrogens is 263 g/mol. The van der Waals surface area contributed by atoms with Crippen LogP contribution in [0.3, 0.4) is 0 Å². The van der Waals surface area contributed by atoms with Crippen LogP contribution in [0.1, 0.15) is 0 Å². The molecule has 0 saturated carbocycles. The molecule has 1 N–H and O–H groups in total. The Morgan fingerprint density at radius 3 is 2.75 bits per heavy atom. The van der Waals surface area contributed by atoms with Gasteiger partial charge in [-0.05, 0) is 52.2 Å². The van der Waals surface area contributed by atoms with Crippen molar-refractivity contribution in [2.75, 3.05) is 0 Å². The van der Waals surface area contributed by atoms with Crippen LogP contribution in [0, 0.1) is 3.57 Å². The Kier molecular flexibility index (Phi) is 1.92. The van der Waals surface area contributed by atoms with Gasteiger partial charge in [0.05, 0.1) is 0 Å². The molecule has 2 rings (SSSR count). The summed E-state index contributed by atoms with van der Waals surface area (Å²) >= 11 is 2.26. The van der Waals surface area contributed by atoms with Gasteiger partial charge in [-0.3, -0.25) is 0 Å². The van der Waals surface area contributed by atoms with E-state index in [4.69, 9.17) is 0 Å². The lowest BCUT2D eigenvalue weighted by atomic mass is 10.1. The van der Waals surface area contributed by atoms with Crippen LogP contribution in [-0.4, -0.2) is 5.11 Å². The van der Waals surface area contributed by atoms with E-state index in [1.54, 1.807) is 6.07 Å². The number of hydrogen-bond acceptors (Lipinski definition) is 1. The van der Waals surface area contributed by atoms with Crippen molar-refractivity contribution < 1.29 is 5.11 Å². The molecule has 0 amide bonds. The predicted octanol–water partition coefficient (Wildman–Crippen LogP) is 3.15. The first-order chi connectivity index (χ1) is 5.77. The number of aromatic hydroxyl groups is 1. The molecule has 1 nitrogen and oxygen atoms in total. The molecule has 0 atom stereocenters. The summed E-state index contributed by atoms with van der Waals surface area (Å²) in [5.74, 6) is 0.351. The Morgan fingerprint density at radius 2 is 1.92 bits per heavy atom. The number of hydrogen-bond donors (Lipinski definition) is 1. The van der Waals surface area contributed by atoms with E-state index in [1.807, 2.05) is 24.3 Å². The maximum absolute atomic E-state index is 9.46. The molecule has 0 saturated heterocycles. The molecule has 0 heterocycles. The third-order valence-electron chi connectivity index (χ3n) is 1.82. The first-order valence-electron chi connectivity index (χ1n) is 3.64. The highest BCUT2D eigenvalue weighted by molar-refractivity contribution is 14.1. The maximum atomic E-state index is 9.46. The number of phenolic OH excluding ortho intramolecular Hbond substituents is 1. The molecule has 0 aliphatic heterocycles. The van der Waals surface area contributed by atoms with E-state index in [-0.39, 0.29) is 0 Å². The zero-order valence-corrected chi connectivity index (χ0v) is 8.45. The second-order valence-corrected chi connectivity index (χ2v) is 3.89. The summed E-state index contributed by atoms with van der Waals surface area (Å²) in [6, 6.07) is 11.5. The molecule has 0 aliphatic carbocycles. The summed E-state index contributed by atoms with van der Waals surface area (Å²) in [5.41, 5.74) is 0. The highest BCUT2D eigenvalue weighted by Crippen LogP contribution is 2.25. The molecule has 0 bridgehead atoms. The Hall–Kier alpha value is -0.770. The molecule has 2 aromatic carbocycles. The van der Waals surface area contributed by atoms with Crippen LogP contribution >= 0.6 is 22.6 Å². The average molecular weight is 270 g/mol. The van der Waals surface area contributed by atoms with Crippen LogP contribution in [0.15, 0.2) is 36.4 Å². The van der Waals surface area contributed by atoms with Gasteiger partial charge in [0.25, 0.3) is 0 Å². The normalized spacial score (nSPS) is 10.4. The number of fused-ring (bicyclic) bond motifs is 1. The van der Waals surface area contributed by atoms with Gasteiger partial charge in [0, 0.05) is 8.96 Å². The molecule has 0 aliphatic rings. The minimum Gasteiger partial charge on any atom is -0.507 e. The predicted molar refractivity (Wildman–Crippen MR) is 58.3 cm³/mol. The number of halogens is 1. The van der Waals surface area contributed by atoms with E-state index in [0.717, 1.165) is 10.8 Å². The largest absolute Gasteiger partial charge is 0.507 e. The molecule has 0 fully saturated rings. The molecule has 2 aromatic rings. The molecule has 0 radical (unpaired) electrons. The fourth-order valence-electron chi connectivity index (χ4n) is 1.24. The third-order valence-corrected chi connectivity index (χ3v) is 2.49. The summed E-state index contributed by atoms with van der Waals surface area (Å²) in [6.07, 6.45) is 0. The van der Waals surface area contributed by atoms with Crippen molar-refractivity contribution in [1.29, 1.82) is 0 Å². The van der Waals surface area contributed by atoms with Gasteiger partial charge in [0.2, 0.25) is 0 Å². The molecule has 0 aromatic heterocycles. The number of phenols is 1. The van der Waals surface area contributed by atoms with E-state index < -0.39 is 0 Å². The molecule has 60 valence electrons. The second kappa shape index (κ2) is 2.94. The Balaban J connectivity index is 2.86. The lowest BCUT2D eigenvalue weighted by Crippen LogP contribution is -1.74. The smallest absolute Gasteiger partial charge is 0.123 e. The van der Waals surface area contributed by atoms with Crippen LogP contribution in [0.25, 0.3) is 10.8 Å². The molecule has 0 spiro atoms. The summed E-state index contributed by atoms with van der Waals surface area (Å²) in [7, 11) is 0. The van der Waals surface area contributed by atoms with Crippen molar-refractivity contribution >= 4 is 33.4 Å². The quantitative estimate of drug-likeness (QED) is 0.729. The fourth-order valence-corrected chi connectivity index (χ4v) is 1.75. The zero-order valence-electron chi connectivity index (χ0n) is 6.29. The molecule has 2 heteroatoms. The van der Waals surface area contributed by atoms with Crippen molar-refractivity contribution in [1.82, 2.24) is 0 Å². The SMILES string of the molecule is Oc1cccc2cc(I)ccc12. The second-order valence-electron chi connectivity index (χ2n) is 2.64. The lowest BCUT2D eigenvalue weighted by molar-refractivity contribution is 0.481. The highest BCUT2D eigenvalue weighted by Gasteiger charge is 1.97. The van der Waals surface area contributed by atoms with Gasteiger partial charge < -0.3 is 5.11 Å². The minimum absolute atomic E-state index is 0.351. The van der Waals surface area contributed by atoms with E-state index in [1.165, 1.54) is 3.57 Å². The van der Waals surface area contributed by atoms with E-state index in [9.17, 15) is 5.11 Å². The van der Waals surface area contributed by atoms with E-state index >= 15 is 0 Å². The third kappa shape index (κ3) is 1.27. The lowest BCUT2D eigenvalue weighted by Gasteiger charge is -1.99. The standard InChI is InChI=1S/C10H7IO/c11-8-4-5-9-7(6-8)2-1-3-10(9)12/h1-6,12H. The van der Waals surface area contributed by atoms with Gasteiger partial charge in [-0.15, -0.1) is 0 Å². The number of rotatable bonds is 0. The van der Waals surface area contributed by atoms with Crippen LogP contribution < -0.4 is 0 Å². The Morgan fingerprint density at radius 1 is 1.08 bits per heavy atom. The average Bonchev–Trinajstić information content (AvgIpc) is 2.04.